The highest BCUT2D eigenvalue weighted by Crippen LogP contribution is 2.23. The molecule has 1 N–H and O–H groups in total. The lowest BCUT2D eigenvalue weighted by molar-refractivity contribution is -0.135. The van der Waals surface area contributed by atoms with Gasteiger partial charge in [-0.2, -0.15) is 18.3 Å². The molecular formula is C12H17F3N4S. The summed E-state index contributed by atoms with van der Waals surface area (Å²) in [7, 11) is 1.78. The first-order chi connectivity index (χ1) is 9.33. The van der Waals surface area contributed by atoms with Crippen molar-refractivity contribution in [1.29, 1.82) is 0 Å². The van der Waals surface area contributed by atoms with Crippen LogP contribution >= 0.6 is 12.2 Å². The van der Waals surface area contributed by atoms with E-state index in [9.17, 15) is 13.2 Å². The molecule has 0 amide bonds. The molecule has 20 heavy (non-hydrogen) atoms. The van der Waals surface area contributed by atoms with Crippen LogP contribution in [0.3, 0.4) is 0 Å². The van der Waals surface area contributed by atoms with Crippen LogP contribution in [0.5, 0.6) is 0 Å². The van der Waals surface area contributed by atoms with Crippen LogP contribution in [-0.2, 0) is 20.0 Å². The van der Waals surface area contributed by atoms with E-state index in [0.29, 0.717) is 4.77 Å². The molecule has 0 spiro atoms. The molecule has 2 aromatic heterocycles. The van der Waals surface area contributed by atoms with Gasteiger partial charge in [-0.05, 0) is 25.1 Å². The lowest BCUT2D eigenvalue weighted by atomic mass is 10.2. The predicted molar refractivity (Wildman–Crippen MR) is 73.2 cm³/mol. The molecule has 2 heterocycles. The number of aromatic nitrogens is 4. The molecule has 0 aliphatic rings. The van der Waals surface area contributed by atoms with Gasteiger partial charge in [-0.1, -0.05) is 13.3 Å². The van der Waals surface area contributed by atoms with E-state index in [4.69, 9.17) is 12.2 Å². The third-order valence-electron chi connectivity index (χ3n) is 3.15. The number of fused-ring (bicyclic) bond motifs is 1. The van der Waals surface area contributed by atoms with E-state index in [2.05, 4.69) is 17.0 Å². The minimum Gasteiger partial charge on any atom is -0.328 e. The Labute approximate surface area is 119 Å². The molecule has 0 aliphatic carbocycles. The first-order valence-corrected chi connectivity index (χ1v) is 6.95. The van der Waals surface area contributed by atoms with Crippen LogP contribution in [0.15, 0.2) is 0 Å². The Hall–Kier alpha value is -1.31. The zero-order chi connectivity index (χ0) is 14.9. The highest BCUT2D eigenvalue weighted by atomic mass is 32.1. The summed E-state index contributed by atoms with van der Waals surface area (Å²) < 4.78 is 40.5. The average Bonchev–Trinajstić information content (AvgIpc) is 2.78. The number of hydrogen-bond donors (Lipinski definition) is 1. The Morgan fingerprint density at radius 2 is 2.05 bits per heavy atom. The SMILES string of the molecule is CCCc1nn(C)c2c1[nH]c(=S)n2CCCC(F)(F)F. The van der Waals surface area contributed by atoms with Gasteiger partial charge in [-0.3, -0.25) is 4.68 Å². The summed E-state index contributed by atoms with van der Waals surface area (Å²) in [5.41, 5.74) is 2.51. The third kappa shape index (κ3) is 3.05. The summed E-state index contributed by atoms with van der Waals surface area (Å²) >= 11 is 5.20. The summed E-state index contributed by atoms with van der Waals surface area (Å²) in [6.45, 7) is 2.29. The Morgan fingerprint density at radius 1 is 1.35 bits per heavy atom. The van der Waals surface area contributed by atoms with Crippen LogP contribution in [-0.4, -0.2) is 25.5 Å². The van der Waals surface area contributed by atoms with Crippen molar-refractivity contribution in [2.75, 3.05) is 0 Å². The number of alkyl halides is 3. The molecule has 0 aliphatic heterocycles. The fourth-order valence-electron chi connectivity index (χ4n) is 2.33. The van der Waals surface area contributed by atoms with Crippen molar-refractivity contribution in [3.8, 4) is 0 Å². The van der Waals surface area contributed by atoms with E-state index < -0.39 is 12.6 Å². The number of hydrogen-bond acceptors (Lipinski definition) is 2. The summed E-state index contributed by atoms with van der Waals surface area (Å²) in [5, 5.41) is 4.39. The quantitative estimate of drug-likeness (QED) is 0.855. The number of imidazole rings is 1. The maximum absolute atomic E-state index is 12.2. The molecule has 0 atom stereocenters. The topological polar surface area (TPSA) is 38.5 Å². The van der Waals surface area contributed by atoms with Crippen molar-refractivity contribution < 1.29 is 13.2 Å². The second kappa shape index (κ2) is 5.59. The molecule has 2 rings (SSSR count). The van der Waals surface area contributed by atoms with Gasteiger partial charge in [0.15, 0.2) is 10.4 Å². The number of aromatic amines is 1. The fourth-order valence-corrected chi connectivity index (χ4v) is 2.61. The number of rotatable bonds is 5. The summed E-state index contributed by atoms with van der Waals surface area (Å²) in [4.78, 5) is 3.06. The monoisotopic (exact) mass is 306 g/mol. The molecule has 2 aromatic rings. The number of nitrogens with zero attached hydrogens (tertiary/aromatic N) is 3. The highest BCUT2D eigenvalue weighted by molar-refractivity contribution is 7.71. The van der Waals surface area contributed by atoms with Gasteiger partial charge in [0.05, 0.1) is 5.69 Å². The summed E-state index contributed by atoms with van der Waals surface area (Å²) in [6, 6.07) is 0. The Balaban J connectivity index is 2.29. The Kier molecular flexibility index (Phi) is 4.22. The molecule has 0 aromatic carbocycles. The van der Waals surface area contributed by atoms with Crippen molar-refractivity contribution in [2.24, 2.45) is 7.05 Å². The van der Waals surface area contributed by atoms with Gasteiger partial charge in [-0.15, -0.1) is 0 Å². The lowest BCUT2D eigenvalue weighted by Crippen LogP contribution is -2.10. The third-order valence-corrected chi connectivity index (χ3v) is 3.47. The standard InChI is InChI=1S/C12H17F3N4S/c1-3-5-8-9-10(18(2)17-8)19(11(20)16-9)7-4-6-12(13,14)15/h3-7H2,1-2H3,(H,16,20). The smallest absolute Gasteiger partial charge is 0.328 e. The van der Waals surface area contributed by atoms with E-state index in [1.807, 2.05) is 0 Å². The normalized spacial score (nSPS) is 12.4. The van der Waals surface area contributed by atoms with Gasteiger partial charge in [0.2, 0.25) is 0 Å². The second-order valence-electron chi connectivity index (χ2n) is 4.82. The number of aryl methyl sites for hydroxylation is 3. The largest absolute Gasteiger partial charge is 0.389 e. The van der Waals surface area contributed by atoms with Gasteiger partial charge in [0.1, 0.15) is 5.52 Å². The van der Waals surface area contributed by atoms with E-state index in [0.717, 1.165) is 29.7 Å². The molecule has 0 unspecified atom stereocenters. The van der Waals surface area contributed by atoms with Crippen LogP contribution in [0.1, 0.15) is 31.9 Å². The van der Waals surface area contributed by atoms with Crippen molar-refractivity contribution in [3.05, 3.63) is 10.5 Å². The van der Waals surface area contributed by atoms with Crippen molar-refractivity contribution in [2.45, 2.75) is 45.3 Å². The van der Waals surface area contributed by atoms with Crippen molar-refractivity contribution in [1.82, 2.24) is 19.3 Å². The number of nitrogens with one attached hydrogen (secondary N) is 1. The van der Waals surface area contributed by atoms with Gasteiger partial charge in [0, 0.05) is 20.0 Å². The average molecular weight is 306 g/mol. The minimum absolute atomic E-state index is 0.0129. The highest BCUT2D eigenvalue weighted by Gasteiger charge is 2.26. The van der Waals surface area contributed by atoms with Gasteiger partial charge >= 0.3 is 6.18 Å². The fraction of sp³-hybridized carbons (Fsp3) is 0.667. The summed E-state index contributed by atoms with van der Waals surface area (Å²) in [5.74, 6) is 0. The maximum atomic E-state index is 12.2. The molecule has 112 valence electrons. The van der Waals surface area contributed by atoms with E-state index >= 15 is 0 Å². The lowest BCUT2D eigenvalue weighted by Gasteiger charge is -2.07. The Bertz CT molecular complexity index is 650. The second-order valence-corrected chi connectivity index (χ2v) is 5.21. The van der Waals surface area contributed by atoms with Crippen LogP contribution in [0, 0.1) is 4.77 Å². The van der Waals surface area contributed by atoms with Gasteiger partial charge < -0.3 is 9.55 Å². The van der Waals surface area contributed by atoms with Crippen molar-refractivity contribution in [3.63, 3.8) is 0 Å². The van der Waals surface area contributed by atoms with E-state index in [1.54, 1.807) is 16.3 Å². The predicted octanol–water partition coefficient (Wildman–Crippen LogP) is 3.73. The van der Waals surface area contributed by atoms with Crippen LogP contribution in [0.2, 0.25) is 0 Å². The zero-order valence-electron chi connectivity index (χ0n) is 11.4. The minimum atomic E-state index is -4.13. The molecule has 4 nitrogen and oxygen atoms in total. The van der Waals surface area contributed by atoms with Crippen LogP contribution in [0.25, 0.3) is 11.2 Å². The zero-order valence-corrected chi connectivity index (χ0v) is 12.2. The molecule has 0 saturated carbocycles. The van der Waals surface area contributed by atoms with E-state index in [1.165, 1.54) is 0 Å². The number of H-pyrrole nitrogens is 1. The molecule has 0 bridgehead atoms. The van der Waals surface area contributed by atoms with Crippen LogP contribution < -0.4 is 0 Å². The molecule has 0 fully saturated rings. The molecule has 0 radical (unpaired) electrons. The van der Waals surface area contributed by atoms with Gasteiger partial charge in [-0.25, -0.2) is 0 Å². The molecule has 0 saturated heterocycles. The van der Waals surface area contributed by atoms with Gasteiger partial charge in [0.25, 0.3) is 0 Å². The number of halogens is 3. The van der Waals surface area contributed by atoms with E-state index in [-0.39, 0.29) is 13.0 Å². The first-order valence-electron chi connectivity index (χ1n) is 6.54. The first kappa shape index (κ1) is 15.1. The Morgan fingerprint density at radius 3 is 2.65 bits per heavy atom. The molecular weight excluding hydrogens is 289 g/mol. The van der Waals surface area contributed by atoms with Crippen LogP contribution in [0.4, 0.5) is 13.2 Å². The van der Waals surface area contributed by atoms with Crippen molar-refractivity contribution >= 4 is 23.4 Å². The molecule has 8 heteroatoms. The maximum Gasteiger partial charge on any atom is 0.389 e. The summed E-state index contributed by atoms with van der Waals surface area (Å²) in [6.07, 6.45) is -3.15.